The summed E-state index contributed by atoms with van der Waals surface area (Å²) < 4.78 is 17.3. The normalized spacial score (nSPS) is 18.7. The van der Waals surface area contributed by atoms with Gasteiger partial charge in [0.25, 0.3) is 11.4 Å². The third kappa shape index (κ3) is 6.52. The lowest BCUT2D eigenvalue weighted by Gasteiger charge is -2.30. The van der Waals surface area contributed by atoms with Crippen molar-refractivity contribution in [2.45, 2.75) is 6.92 Å². The van der Waals surface area contributed by atoms with Gasteiger partial charge in [-0.1, -0.05) is 0 Å². The highest BCUT2D eigenvalue weighted by molar-refractivity contribution is 7.52. The summed E-state index contributed by atoms with van der Waals surface area (Å²) >= 11 is 0. The van der Waals surface area contributed by atoms with E-state index in [0.29, 0.717) is 22.3 Å². The molecule has 0 radical (unpaired) electrons. The van der Waals surface area contributed by atoms with Crippen LogP contribution in [0.15, 0.2) is 59.7 Å². The first-order chi connectivity index (χ1) is 16.1. The fourth-order valence-corrected chi connectivity index (χ4v) is 4.68. The van der Waals surface area contributed by atoms with Gasteiger partial charge in [0, 0.05) is 48.5 Å². The molecular weight excluding hydrogens is 465 g/mol. The zero-order chi connectivity index (χ0) is 24.9. The number of hydrogen-bond donors (Lipinski definition) is 1. The molecular formula is C22H22N3O8P. The number of nitrogens with zero attached hydrogens (tertiary/aromatic N) is 3. The maximum atomic E-state index is 13.2. The first kappa shape index (κ1) is 25.1. The molecule has 178 valence electrons. The Morgan fingerprint density at radius 1 is 0.941 bits per heavy atom. The molecule has 2 aromatic carbocycles. The number of carbonyl (C=O) groups is 1. The zero-order valence-corrected chi connectivity index (χ0v) is 19.1. The summed E-state index contributed by atoms with van der Waals surface area (Å²) in [4.78, 5) is 45.6. The lowest BCUT2D eigenvalue weighted by Crippen LogP contribution is -2.38. The molecule has 2 aromatic rings. The molecule has 3 rings (SSSR count). The Morgan fingerprint density at radius 3 is 1.71 bits per heavy atom. The van der Waals surface area contributed by atoms with Crippen LogP contribution in [-0.4, -0.2) is 51.4 Å². The highest BCUT2D eigenvalue weighted by atomic mass is 31.2. The molecule has 0 aromatic heterocycles. The number of piperidine rings is 1. The minimum absolute atomic E-state index is 0.0531. The molecule has 12 heteroatoms. The van der Waals surface area contributed by atoms with E-state index in [2.05, 4.69) is 0 Å². The Kier molecular flexibility index (Phi) is 7.85. The van der Waals surface area contributed by atoms with Crippen molar-refractivity contribution in [1.82, 2.24) is 4.90 Å². The topological polar surface area (TPSA) is 153 Å². The largest absolute Gasteiger partial charge is 0.342 e. The number of nitro benzene ring substituents is 2. The van der Waals surface area contributed by atoms with Crippen molar-refractivity contribution in [3.05, 3.63) is 91.0 Å². The molecule has 34 heavy (non-hydrogen) atoms. The maximum Gasteiger partial charge on any atom is 0.342 e. The second kappa shape index (κ2) is 10.6. The molecule has 0 bridgehead atoms. The lowest BCUT2D eigenvalue weighted by molar-refractivity contribution is -0.385. The molecule has 1 saturated heterocycles. The van der Waals surface area contributed by atoms with Gasteiger partial charge >= 0.3 is 7.60 Å². The minimum Gasteiger partial charge on any atom is -0.323 e. The molecule has 0 spiro atoms. The number of likely N-dealkylation sites (tertiary alicyclic amines) is 1. The van der Waals surface area contributed by atoms with Gasteiger partial charge in [0.15, 0.2) is 5.78 Å². The molecule has 1 unspecified atom stereocenters. The second-order valence-corrected chi connectivity index (χ2v) is 9.37. The van der Waals surface area contributed by atoms with Crippen LogP contribution in [0.3, 0.4) is 0 Å². The van der Waals surface area contributed by atoms with Gasteiger partial charge in [-0.3, -0.25) is 34.5 Å². The van der Waals surface area contributed by atoms with E-state index < -0.39 is 17.4 Å². The number of non-ortho nitro benzene ring substituents is 2. The Labute approximate surface area is 194 Å². The van der Waals surface area contributed by atoms with Crippen LogP contribution in [0.2, 0.25) is 0 Å². The summed E-state index contributed by atoms with van der Waals surface area (Å²) in [6.45, 7) is 1.80. The molecule has 1 atom stereocenters. The van der Waals surface area contributed by atoms with E-state index in [0.717, 1.165) is 0 Å². The average Bonchev–Trinajstić information content (AvgIpc) is 2.77. The Balaban J connectivity index is 1.95. The summed E-state index contributed by atoms with van der Waals surface area (Å²) in [5, 5.41) is 21.8. The molecule has 1 aliphatic heterocycles. The number of rotatable bonds is 8. The molecule has 0 amide bonds. The van der Waals surface area contributed by atoms with E-state index in [1.807, 2.05) is 0 Å². The number of nitro groups is 2. The SMILES string of the molecule is CCOP(=O)(O)CN1C/C(=C\c2ccc([N+](=O)[O-])cc2)C(=O)/C(=C/c2ccc([N+](=O)[O-])cc2)C1. The maximum absolute atomic E-state index is 13.2. The van der Waals surface area contributed by atoms with Crippen LogP contribution in [0.25, 0.3) is 12.2 Å². The number of carbonyl (C=O) groups excluding carboxylic acids is 1. The second-order valence-electron chi connectivity index (χ2n) is 7.55. The zero-order valence-electron chi connectivity index (χ0n) is 18.2. The van der Waals surface area contributed by atoms with Crippen molar-refractivity contribution in [2.24, 2.45) is 0 Å². The minimum atomic E-state index is -3.92. The third-order valence-corrected chi connectivity index (χ3v) is 6.39. The standard InChI is InChI=1S/C22H22N3O8P/c1-2-33-34(31,32)15-23-13-18(11-16-3-7-20(8-4-16)24(27)28)22(26)19(14-23)12-17-5-9-21(10-6-17)25(29)30/h3-12H,2,13-15H2,1H3,(H,31,32)/b18-11+,19-12+. The van der Waals surface area contributed by atoms with Crippen molar-refractivity contribution < 1.29 is 28.6 Å². The van der Waals surface area contributed by atoms with Crippen LogP contribution in [0.1, 0.15) is 18.1 Å². The summed E-state index contributed by atoms with van der Waals surface area (Å²) in [5.74, 6) is -0.294. The molecule has 0 saturated carbocycles. The lowest BCUT2D eigenvalue weighted by atomic mass is 9.94. The Bertz CT molecular complexity index is 1130. The summed E-state index contributed by atoms with van der Waals surface area (Å²) in [6, 6.07) is 11.3. The fraction of sp³-hybridized carbons (Fsp3) is 0.227. The predicted octanol–water partition coefficient (Wildman–Crippen LogP) is 4.03. The van der Waals surface area contributed by atoms with Gasteiger partial charge in [-0.15, -0.1) is 0 Å². The summed E-state index contributed by atoms with van der Waals surface area (Å²) in [6.07, 6.45) is 2.85. The van der Waals surface area contributed by atoms with Gasteiger partial charge in [-0.2, -0.15) is 0 Å². The predicted molar refractivity (Wildman–Crippen MR) is 125 cm³/mol. The number of ketones is 1. The first-order valence-corrected chi connectivity index (χ1v) is 12.0. The van der Waals surface area contributed by atoms with Gasteiger partial charge in [0.1, 0.15) is 6.29 Å². The van der Waals surface area contributed by atoms with Crippen LogP contribution >= 0.6 is 7.60 Å². The fourth-order valence-electron chi connectivity index (χ4n) is 3.49. The van der Waals surface area contributed by atoms with Crippen LogP contribution < -0.4 is 0 Å². The Hall–Kier alpha value is -3.50. The van der Waals surface area contributed by atoms with Crippen molar-refractivity contribution in [3.8, 4) is 0 Å². The van der Waals surface area contributed by atoms with Gasteiger partial charge in [0.2, 0.25) is 0 Å². The van der Waals surface area contributed by atoms with Gasteiger partial charge in [-0.05, 0) is 54.5 Å². The van der Waals surface area contributed by atoms with E-state index in [9.17, 15) is 34.5 Å². The average molecular weight is 487 g/mol. The molecule has 1 heterocycles. The highest BCUT2D eigenvalue weighted by Gasteiger charge is 2.31. The summed E-state index contributed by atoms with van der Waals surface area (Å²) in [7, 11) is -3.92. The van der Waals surface area contributed by atoms with Crippen molar-refractivity contribution in [2.75, 3.05) is 26.0 Å². The smallest absolute Gasteiger partial charge is 0.323 e. The third-order valence-electron chi connectivity index (χ3n) is 4.97. The molecule has 1 aliphatic rings. The number of Topliss-reactive ketones (excluding diaryl/α,β-unsaturated/α-hetero) is 1. The molecule has 1 fully saturated rings. The quantitative estimate of drug-likeness (QED) is 0.251. The van der Waals surface area contributed by atoms with Crippen molar-refractivity contribution in [1.29, 1.82) is 0 Å². The van der Waals surface area contributed by atoms with E-state index in [1.165, 1.54) is 48.5 Å². The van der Waals surface area contributed by atoms with Crippen LogP contribution in [0.4, 0.5) is 11.4 Å². The number of benzene rings is 2. The van der Waals surface area contributed by atoms with E-state index in [4.69, 9.17) is 4.52 Å². The van der Waals surface area contributed by atoms with Gasteiger partial charge in [-0.25, -0.2) is 0 Å². The van der Waals surface area contributed by atoms with E-state index in [-0.39, 0.29) is 43.1 Å². The van der Waals surface area contributed by atoms with Crippen LogP contribution in [0, 0.1) is 20.2 Å². The summed E-state index contributed by atoms with van der Waals surface area (Å²) in [5.41, 5.74) is 1.59. The number of hydrogen-bond acceptors (Lipinski definition) is 8. The van der Waals surface area contributed by atoms with Crippen LogP contribution in [0.5, 0.6) is 0 Å². The van der Waals surface area contributed by atoms with Gasteiger partial charge in [0.05, 0.1) is 16.5 Å². The van der Waals surface area contributed by atoms with Crippen molar-refractivity contribution in [3.63, 3.8) is 0 Å². The van der Waals surface area contributed by atoms with E-state index >= 15 is 0 Å². The highest BCUT2D eigenvalue weighted by Crippen LogP contribution is 2.43. The molecule has 0 aliphatic carbocycles. The van der Waals surface area contributed by atoms with Crippen LogP contribution in [-0.2, 0) is 13.9 Å². The first-order valence-electron chi connectivity index (χ1n) is 10.2. The monoisotopic (exact) mass is 487 g/mol. The molecule has 11 nitrogen and oxygen atoms in total. The Morgan fingerprint density at radius 2 is 1.35 bits per heavy atom. The molecule has 1 N–H and O–H groups in total. The van der Waals surface area contributed by atoms with Crippen molar-refractivity contribution >= 4 is 36.9 Å². The van der Waals surface area contributed by atoms with E-state index in [1.54, 1.807) is 24.0 Å². The van der Waals surface area contributed by atoms with Gasteiger partial charge < -0.3 is 9.42 Å².